The van der Waals surface area contributed by atoms with Crippen LogP contribution in [0.25, 0.3) is 0 Å². The first-order valence-electron chi connectivity index (χ1n) is 7.84. The number of carbonyl (C=O) groups excluding carboxylic acids is 1. The molecule has 0 aliphatic rings. The van der Waals surface area contributed by atoms with Crippen LogP contribution in [0.5, 0.6) is 5.75 Å². The highest BCUT2D eigenvalue weighted by Gasteiger charge is 2.18. The largest absolute Gasteiger partial charge is 0.483 e. The summed E-state index contributed by atoms with van der Waals surface area (Å²) in [4.78, 5) is 13.3. The predicted molar refractivity (Wildman–Crippen MR) is 104 cm³/mol. The average molecular weight is 395 g/mol. The van der Waals surface area contributed by atoms with Gasteiger partial charge in [-0.2, -0.15) is 0 Å². The molecule has 0 heterocycles. The predicted octanol–water partition coefficient (Wildman–Crippen LogP) is 2.98. The lowest BCUT2D eigenvalue weighted by Gasteiger charge is -2.14. The number of amides is 1. The lowest BCUT2D eigenvalue weighted by Crippen LogP contribution is -2.22. The molecule has 1 N–H and O–H groups in total. The van der Waals surface area contributed by atoms with Gasteiger partial charge in [0.05, 0.1) is 10.6 Å². The molecular weight excluding hydrogens is 372 g/mol. The van der Waals surface area contributed by atoms with E-state index >= 15 is 0 Å². The zero-order valence-electron chi connectivity index (χ0n) is 15.1. The number of para-hydroxylation sites is 1. The van der Waals surface area contributed by atoms with Gasteiger partial charge in [0.1, 0.15) is 5.75 Å². The molecule has 0 unspecified atom stereocenters. The van der Waals surface area contributed by atoms with Crippen molar-refractivity contribution in [1.29, 1.82) is 0 Å². The zero-order chi connectivity index (χ0) is 19.3. The molecule has 2 aromatic carbocycles. The van der Waals surface area contributed by atoms with Crippen LogP contribution in [0, 0.1) is 6.92 Å². The van der Waals surface area contributed by atoms with Gasteiger partial charge in [0.15, 0.2) is 6.61 Å². The first-order valence-corrected chi connectivity index (χ1v) is 10.5. The SMILES string of the molecule is CSc1ccccc1NC(=O)COc1ccc(S(=O)(=O)N(C)C)cc1C. The normalized spacial score (nSPS) is 11.4. The molecule has 1 amide bonds. The minimum atomic E-state index is -3.50. The van der Waals surface area contributed by atoms with E-state index in [4.69, 9.17) is 4.74 Å². The fourth-order valence-electron chi connectivity index (χ4n) is 2.23. The summed E-state index contributed by atoms with van der Waals surface area (Å²) in [5.74, 6) is 0.187. The zero-order valence-corrected chi connectivity index (χ0v) is 16.8. The van der Waals surface area contributed by atoms with E-state index in [2.05, 4.69) is 5.32 Å². The lowest BCUT2D eigenvalue weighted by atomic mass is 10.2. The molecule has 0 fully saturated rings. The second-order valence-corrected chi connectivity index (χ2v) is 8.75. The summed E-state index contributed by atoms with van der Waals surface area (Å²) < 4.78 is 31.0. The van der Waals surface area contributed by atoms with Crippen LogP contribution in [-0.4, -0.2) is 45.6 Å². The fourth-order valence-corrected chi connectivity index (χ4v) is 3.77. The first-order chi connectivity index (χ1) is 12.3. The third-order valence-electron chi connectivity index (χ3n) is 3.66. The Morgan fingerprint density at radius 3 is 2.50 bits per heavy atom. The maximum atomic E-state index is 12.1. The molecule has 0 aliphatic carbocycles. The summed E-state index contributed by atoms with van der Waals surface area (Å²) in [5, 5.41) is 2.81. The number of carbonyl (C=O) groups is 1. The summed E-state index contributed by atoms with van der Waals surface area (Å²) >= 11 is 1.54. The number of ether oxygens (including phenoxy) is 1. The molecule has 0 saturated heterocycles. The summed E-state index contributed by atoms with van der Waals surface area (Å²) in [6.45, 7) is 1.58. The third-order valence-corrected chi connectivity index (χ3v) is 6.27. The van der Waals surface area contributed by atoms with E-state index in [1.165, 1.54) is 26.2 Å². The fraction of sp³-hybridized carbons (Fsp3) is 0.278. The monoisotopic (exact) mass is 394 g/mol. The molecule has 0 aromatic heterocycles. The molecule has 0 aliphatic heterocycles. The summed E-state index contributed by atoms with van der Waals surface area (Å²) in [6, 6.07) is 12.1. The van der Waals surface area contributed by atoms with Gasteiger partial charge in [0.25, 0.3) is 5.91 Å². The number of hydrogen-bond donors (Lipinski definition) is 1. The topological polar surface area (TPSA) is 75.7 Å². The van der Waals surface area contributed by atoms with E-state index in [0.29, 0.717) is 11.3 Å². The Hall–Kier alpha value is -2.03. The Balaban J connectivity index is 2.04. The maximum absolute atomic E-state index is 12.1. The van der Waals surface area contributed by atoms with Gasteiger partial charge < -0.3 is 10.1 Å². The molecule has 0 saturated carbocycles. The number of hydrogen-bond acceptors (Lipinski definition) is 5. The van der Waals surface area contributed by atoms with Crippen LogP contribution in [0.2, 0.25) is 0 Å². The third kappa shape index (κ3) is 4.78. The minimum absolute atomic E-state index is 0.163. The highest BCUT2D eigenvalue weighted by atomic mass is 32.2. The maximum Gasteiger partial charge on any atom is 0.262 e. The average Bonchev–Trinajstić information content (AvgIpc) is 2.60. The van der Waals surface area contributed by atoms with Crippen LogP contribution in [0.3, 0.4) is 0 Å². The number of nitrogens with one attached hydrogen (secondary N) is 1. The molecule has 8 heteroatoms. The van der Waals surface area contributed by atoms with Crippen LogP contribution in [-0.2, 0) is 14.8 Å². The van der Waals surface area contributed by atoms with Gasteiger partial charge in [-0.3, -0.25) is 4.79 Å². The molecule has 6 nitrogen and oxygen atoms in total. The van der Waals surface area contributed by atoms with Gasteiger partial charge >= 0.3 is 0 Å². The van der Waals surface area contributed by atoms with Crippen LogP contribution < -0.4 is 10.1 Å². The summed E-state index contributed by atoms with van der Waals surface area (Å²) in [7, 11) is -0.544. The quantitative estimate of drug-likeness (QED) is 0.731. The Morgan fingerprint density at radius 1 is 1.19 bits per heavy atom. The molecule has 0 atom stereocenters. The Labute approximate surface area is 158 Å². The number of thioether (sulfide) groups is 1. The second-order valence-electron chi connectivity index (χ2n) is 5.75. The molecule has 0 spiro atoms. The number of sulfonamides is 1. The van der Waals surface area contributed by atoms with Gasteiger partial charge in [-0.15, -0.1) is 11.8 Å². The van der Waals surface area contributed by atoms with E-state index in [9.17, 15) is 13.2 Å². The van der Waals surface area contributed by atoms with Crippen molar-refractivity contribution in [2.45, 2.75) is 16.7 Å². The van der Waals surface area contributed by atoms with Crippen LogP contribution >= 0.6 is 11.8 Å². The number of nitrogens with zero attached hydrogens (tertiary/aromatic N) is 1. The van der Waals surface area contributed by atoms with E-state index in [1.807, 2.05) is 30.5 Å². The highest BCUT2D eigenvalue weighted by Crippen LogP contribution is 2.25. The van der Waals surface area contributed by atoms with Crippen LogP contribution in [0.15, 0.2) is 52.3 Å². The van der Waals surface area contributed by atoms with Gasteiger partial charge in [-0.05, 0) is 49.1 Å². The van der Waals surface area contributed by atoms with Crippen LogP contribution in [0.1, 0.15) is 5.56 Å². The van der Waals surface area contributed by atoms with E-state index in [1.54, 1.807) is 24.8 Å². The van der Waals surface area contributed by atoms with Crippen molar-refractivity contribution in [3.8, 4) is 5.75 Å². The summed E-state index contributed by atoms with van der Waals surface area (Å²) in [5.41, 5.74) is 1.38. The Morgan fingerprint density at radius 2 is 1.88 bits per heavy atom. The molecule has 140 valence electrons. The van der Waals surface area contributed by atoms with Crippen molar-refractivity contribution in [1.82, 2.24) is 4.31 Å². The van der Waals surface area contributed by atoms with Crippen molar-refractivity contribution in [3.63, 3.8) is 0 Å². The number of benzene rings is 2. The second kappa shape index (κ2) is 8.57. The molecule has 2 rings (SSSR count). The molecule has 2 aromatic rings. The van der Waals surface area contributed by atoms with Gasteiger partial charge in [-0.25, -0.2) is 12.7 Å². The van der Waals surface area contributed by atoms with Crippen molar-refractivity contribution >= 4 is 33.4 Å². The standard InChI is InChI=1S/C18H22N2O4S2/c1-13-11-14(26(22,23)20(2)3)9-10-16(13)24-12-18(21)19-15-7-5-6-8-17(15)25-4/h5-11H,12H2,1-4H3,(H,19,21). The minimum Gasteiger partial charge on any atom is -0.483 e. The van der Waals surface area contributed by atoms with Crippen molar-refractivity contribution in [3.05, 3.63) is 48.0 Å². The van der Waals surface area contributed by atoms with E-state index in [0.717, 1.165) is 14.9 Å². The lowest BCUT2D eigenvalue weighted by molar-refractivity contribution is -0.118. The summed E-state index contributed by atoms with van der Waals surface area (Å²) in [6.07, 6.45) is 1.94. The molecule has 26 heavy (non-hydrogen) atoms. The molecular formula is C18H22N2O4S2. The highest BCUT2D eigenvalue weighted by molar-refractivity contribution is 7.98. The first kappa shape index (κ1) is 20.3. The van der Waals surface area contributed by atoms with Crippen LogP contribution in [0.4, 0.5) is 5.69 Å². The number of rotatable bonds is 7. The van der Waals surface area contributed by atoms with E-state index < -0.39 is 10.0 Å². The number of anilines is 1. The van der Waals surface area contributed by atoms with Gasteiger partial charge in [0, 0.05) is 19.0 Å². The smallest absolute Gasteiger partial charge is 0.262 e. The Bertz CT molecular complexity index is 896. The van der Waals surface area contributed by atoms with Crippen molar-refractivity contribution in [2.24, 2.45) is 0 Å². The van der Waals surface area contributed by atoms with Gasteiger partial charge in [0.2, 0.25) is 10.0 Å². The van der Waals surface area contributed by atoms with Crippen molar-refractivity contribution < 1.29 is 17.9 Å². The van der Waals surface area contributed by atoms with Crippen molar-refractivity contribution in [2.75, 3.05) is 32.3 Å². The molecule has 0 radical (unpaired) electrons. The Kier molecular flexibility index (Phi) is 6.69. The number of aryl methyl sites for hydroxylation is 1. The molecule has 0 bridgehead atoms. The van der Waals surface area contributed by atoms with Gasteiger partial charge in [-0.1, -0.05) is 12.1 Å². The van der Waals surface area contributed by atoms with E-state index in [-0.39, 0.29) is 17.4 Å².